The number of carbonyl (C=O) groups is 1. The molecule has 0 aromatic carbocycles. The average molecular weight is 1080 g/mol. The lowest BCUT2D eigenvalue weighted by Crippen LogP contribution is -2.45. The number of allylic oxidation sites excluding steroid dienone is 23. The van der Waals surface area contributed by atoms with Crippen molar-refractivity contribution >= 4 is 5.91 Å². The van der Waals surface area contributed by atoms with Crippen LogP contribution in [0.4, 0.5) is 0 Å². The molecular weight excluding hydrogens is 951 g/mol. The molecule has 0 heterocycles. The minimum Gasteiger partial charge on any atom is -0.394 e. The molecule has 0 saturated carbocycles. The first kappa shape index (κ1) is 74.3. The van der Waals surface area contributed by atoms with Crippen molar-refractivity contribution in [2.24, 2.45) is 0 Å². The van der Waals surface area contributed by atoms with Gasteiger partial charge in [0.05, 0.1) is 18.8 Å². The summed E-state index contributed by atoms with van der Waals surface area (Å²) < 4.78 is 0. The van der Waals surface area contributed by atoms with Crippen LogP contribution in [0.3, 0.4) is 0 Å². The highest BCUT2D eigenvalue weighted by Crippen LogP contribution is 2.16. The van der Waals surface area contributed by atoms with E-state index in [4.69, 9.17) is 0 Å². The van der Waals surface area contributed by atoms with Crippen LogP contribution in [0.2, 0.25) is 0 Å². The van der Waals surface area contributed by atoms with E-state index in [1.54, 1.807) is 6.08 Å². The zero-order valence-electron chi connectivity index (χ0n) is 51.1. The van der Waals surface area contributed by atoms with Gasteiger partial charge in [0, 0.05) is 6.42 Å². The van der Waals surface area contributed by atoms with Gasteiger partial charge in [-0.25, -0.2) is 0 Å². The second-order valence-corrected chi connectivity index (χ2v) is 21.8. The van der Waals surface area contributed by atoms with Crippen LogP contribution in [0, 0.1) is 0 Å². The van der Waals surface area contributed by atoms with Gasteiger partial charge in [0.1, 0.15) is 0 Å². The van der Waals surface area contributed by atoms with Gasteiger partial charge in [-0.15, -0.1) is 0 Å². The Balaban J connectivity index is 3.64. The third-order valence-electron chi connectivity index (χ3n) is 14.3. The quantitative estimate of drug-likeness (QED) is 0.0420. The van der Waals surface area contributed by atoms with E-state index in [2.05, 4.69) is 153 Å². The van der Waals surface area contributed by atoms with Crippen LogP contribution >= 0.6 is 0 Å². The van der Waals surface area contributed by atoms with Gasteiger partial charge in [0.15, 0.2) is 0 Å². The Hall–Kier alpha value is -3.73. The van der Waals surface area contributed by atoms with Gasteiger partial charge in [-0.3, -0.25) is 4.79 Å². The number of hydrogen-bond acceptors (Lipinski definition) is 3. The van der Waals surface area contributed by atoms with E-state index >= 15 is 0 Å². The maximum Gasteiger partial charge on any atom is 0.220 e. The Morgan fingerprint density at radius 3 is 0.897 bits per heavy atom. The van der Waals surface area contributed by atoms with Crippen LogP contribution in [-0.4, -0.2) is 34.9 Å². The summed E-state index contributed by atoms with van der Waals surface area (Å²) in [6.45, 7) is 4.19. The number of rotatable bonds is 59. The lowest BCUT2D eigenvalue weighted by atomic mass is 10.0. The van der Waals surface area contributed by atoms with Gasteiger partial charge in [-0.2, -0.15) is 0 Å². The second-order valence-electron chi connectivity index (χ2n) is 21.8. The average Bonchev–Trinajstić information content (AvgIpc) is 3.44. The first-order valence-corrected chi connectivity index (χ1v) is 33.0. The van der Waals surface area contributed by atoms with Crippen molar-refractivity contribution in [2.75, 3.05) is 6.61 Å². The molecule has 0 saturated heterocycles. The Bertz CT molecular complexity index is 1600. The molecule has 0 spiro atoms. The normalized spacial score (nSPS) is 13.7. The number of carbonyl (C=O) groups excluding carboxylic acids is 1. The van der Waals surface area contributed by atoms with E-state index in [9.17, 15) is 15.0 Å². The lowest BCUT2D eigenvalue weighted by Gasteiger charge is -2.19. The molecule has 4 heteroatoms. The molecule has 0 bridgehead atoms. The third kappa shape index (κ3) is 63.1. The van der Waals surface area contributed by atoms with Crippen molar-refractivity contribution in [3.05, 3.63) is 146 Å². The number of hydrogen-bond donors (Lipinski definition) is 3. The summed E-state index contributed by atoms with van der Waals surface area (Å²) in [4.78, 5) is 12.5. The SMILES string of the molecule is CC/C=C\C/C=C\C/C=C\C/C=C\C/C=C\C/C=C\C/C=C\C/C=C\C/C=C\C/C=C\CCCCCCCCC(=O)NC(CO)C(O)/C=C/CC/C=C/CCCCCCCCCCCCCCCCCCCCCCCCC. The number of unbranched alkanes of at least 4 members (excludes halogenated alkanes) is 30. The molecule has 0 fully saturated rings. The monoisotopic (exact) mass is 1080 g/mol. The first-order valence-electron chi connectivity index (χ1n) is 33.0. The summed E-state index contributed by atoms with van der Waals surface area (Å²) in [5.74, 6) is -0.0919. The number of nitrogens with one attached hydrogen (secondary N) is 1. The van der Waals surface area contributed by atoms with Gasteiger partial charge >= 0.3 is 0 Å². The van der Waals surface area contributed by atoms with Gasteiger partial charge in [-0.1, -0.05) is 327 Å². The number of amides is 1. The fraction of sp³-hybridized carbons (Fsp3) is 0.662. The fourth-order valence-electron chi connectivity index (χ4n) is 9.34. The largest absolute Gasteiger partial charge is 0.394 e. The van der Waals surface area contributed by atoms with Gasteiger partial charge < -0.3 is 15.5 Å². The zero-order valence-corrected chi connectivity index (χ0v) is 51.1. The molecule has 2 unspecified atom stereocenters. The predicted octanol–water partition coefficient (Wildman–Crippen LogP) is 22.7. The minimum absolute atomic E-state index is 0.0919. The number of aliphatic hydroxyl groups is 2. The Morgan fingerprint density at radius 1 is 0.321 bits per heavy atom. The molecule has 0 aromatic heterocycles. The zero-order chi connectivity index (χ0) is 56.2. The summed E-state index contributed by atoms with van der Waals surface area (Å²) in [6, 6.07) is -0.660. The van der Waals surface area contributed by atoms with Crippen LogP contribution < -0.4 is 5.32 Å². The molecule has 0 radical (unpaired) electrons. The summed E-state index contributed by atoms with van der Waals surface area (Å²) in [5.41, 5.74) is 0. The fourth-order valence-corrected chi connectivity index (χ4v) is 9.34. The van der Waals surface area contributed by atoms with Gasteiger partial charge in [0.2, 0.25) is 5.91 Å². The highest BCUT2D eigenvalue weighted by molar-refractivity contribution is 5.76. The highest BCUT2D eigenvalue weighted by atomic mass is 16.3. The van der Waals surface area contributed by atoms with E-state index in [0.717, 1.165) is 109 Å². The molecular formula is C74H125NO3. The molecule has 78 heavy (non-hydrogen) atoms. The standard InChI is InChI=1S/C74H125NO3/c1-3-5-7-9-11-13-15-17-19-21-23-25-27-29-31-33-34-35-36-37-38-39-40-42-44-46-48-50-52-54-56-58-60-62-64-66-68-70-74(78)75-72(71-76)73(77)69-67-65-63-61-59-57-55-53-51-49-47-45-43-41-32-30-28-26-24-22-20-18-16-14-12-10-8-6-4-2/h5,7,11,13,17,19,23,25,29,31,34-35,37-38,40,42,46,48,52,54,59,61,67,69,72-73,76-77H,3-4,6,8-10,12,14-16,18,20-22,24,26-28,30,32-33,36,39,41,43-45,47,49-51,53,55-58,60,62-66,68,70-71H2,1-2H3,(H,75,78)/b7-5-,13-11-,19-17-,25-23-,31-29-,35-34-,38-37-,42-40-,48-46-,54-52-,61-59+,69-67+. The maximum absolute atomic E-state index is 12.5. The van der Waals surface area contributed by atoms with E-state index in [1.165, 1.54) is 167 Å². The van der Waals surface area contributed by atoms with Crippen molar-refractivity contribution in [3.63, 3.8) is 0 Å². The first-order chi connectivity index (χ1) is 38.7. The molecule has 0 aromatic rings. The molecule has 0 rings (SSSR count). The maximum atomic E-state index is 12.5. The van der Waals surface area contributed by atoms with Crippen LogP contribution in [0.1, 0.15) is 296 Å². The molecule has 0 aliphatic heterocycles. The minimum atomic E-state index is -0.881. The van der Waals surface area contributed by atoms with Crippen molar-refractivity contribution in [1.29, 1.82) is 0 Å². The Kier molecular flexibility index (Phi) is 64.3. The van der Waals surface area contributed by atoms with Crippen molar-refractivity contribution in [1.82, 2.24) is 5.32 Å². The molecule has 3 N–H and O–H groups in total. The second kappa shape index (κ2) is 67.5. The third-order valence-corrected chi connectivity index (χ3v) is 14.3. The van der Waals surface area contributed by atoms with Crippen molar-refractivity contribution in [2.45, 2.75) is 309 Å². The van der Waals surface area contributed by atoms with Crippen LogP contribution in [0.5, 0.6) is 0 Å². The van der Waals surface area contributed by atoms with Crippen LogP contribution in [0.25, 0.3) is 0 Å². The summed E-state index contributed by atoms with van der Waals surface area (Å²) in [5, 5.41) is 23.2. The molecule has 0 aliphatic carbocycles. The van der Waals surface area contributed by atoms with E-state index < -0.39 is 12.1 Å². The van der Waals surface area contributed by atoms with Gasteiger partial charge in [0.25, 0.3) is 0 Å². The lowest BCUT2D eigenvalue weighted by molar-refractivity contribution is -0.123. The van der Waals surface area contributed by atoms with E-state index in [1.807, 2.05) is 6.08 Å². The van der Waals surface area contributed by atoms with E-state index in [-0.39, 0.29) is 12.5 Å². The molecule has 1 amide bonds. The molecule has 2 atom stereocenters. The Morgan fingerprint density at radius 2 is 0.577 bits per heavy atom. The summed E-state index contributed by atoms with van der Waals surface area (Å²) in [7, 11) is 0. The number of aliphatic hydroxyl groups excluding tert-OH is 2. The van der Waals surface area contributed by atoms with Crippen molar-refractivity contribution in [3.8, 4) is 0 Å². The smallest absolute Gasteiger partial charge is 0.220 e. The predicted molar refractivity (Wildman–Crippen MR) is 349 cm³/mol. The highest BCUT2D eigenvalue weighted by Gasteiger charge is 2.18. The van der Waals surface area contributed by atoms with Crippen molar-refractivity contribution < 1.29 is 15.0 Å². The topological polar surface area (TPSA) is 69.6 Å². The summed E-state index contributed by atoms with van der Waals surface area (Å²) >= 11 is 0. The molecule has 4 nitrogen and oxygen atoms in total. The van der Waals surface area contributed by atoms with Crippen LogP contribution in [0.15, 0.2) is 146 Å². The Labute approximate surface area is 484 Å². The van der Waals surface area contributed by atoms with E-state index in [0.29, 0.717) is 6.42 Å². The molecule has 444 valence electrons. The molecule has 0 aliphatic rings. The summed E-state index contributed by atoms with van der Waals surface area (Å²) in [6.07, 6.45) is 106. The van der Waals surface area contributed by atoms with Gasteiger partial charge in [-0.05, 0) is 109 Å². The van der Waals surface area contributed by atoms with Crippen LogP contribution in [-0.2, 0) is 4.79 Å².